The maximum Gasteiger partial charge on any atom is 0.306 e. The van der Waals surface area contributed by atoms with Crippen LogP contribution in [0.4, 0.5) is 0 Å². The summed E-state index contributed by atoms with van der Waals surface area (Å²) < 4.78 is 16.9. The maximum atomic E-state index is 12.9. The van der Waals surface area contributed by atoms with E-state index in [2.05, 4.69) is 57.2 Å². The number of carbonyl (C=O) groups is 3. The van der Waals surface area contributed by atoms with Gasteiger partial charge in [-0.05, 0) is 70.6 Å². The Morgan fingerprint density at radius 2 is 0.552 bits per heavy atom. The van der Waals surface area contributed by atoms with Gasteiger partial charge in [-0.15, -0.1) is 0 Å². The van der Waals surface area contributed by atoms with Gasteiger partial charge in [-0.3, -0.25) is 14.4 Å². The third kappa shape index (κ3) is 54.4. The molecule has 0 radical (unpaired) electrons. The van der Waals surface area contributed by atoms with Crippen molar-refractivity contribution in [3.63, 3.8) is 0 Å². The lowest BCUT2D eigenvalue weighted by Crippen LogP contribution is -2.30. The van der Waals surface area contributed by atoms with Crippen molar-refractivity contribution in [1.82, 2.24) is 0 Å². The Balaban J connectivity index is 4.33. The first-order valence-corrected chi connectivity index (χ1v) is 29.5. The van der Waals surface area contributed by atoms with Gasteiger partial charge in [0.25, 0.3) is 0 Å². The molecule has 0 saturated carbocycles. The standard InChI is InChI=1S/C61H112O6/c1-4-7-10-13-16-19-22-25-28-30-31-32-34-36-39-42-45-48-51-54-60(63)66-57-58(56-65-59(62)53-50-47-44-41-38-35-27-24-21-18-15-12-9-6-3)67-61(64)55-52-49-46-43-40-37-33-29-26-23-20-17-14-11-8-5-2/h15,18,24-25,27-28,58H,4-14,16-17,19-23,26,29-57H2,1-3H3/b18-15-,27-24-,28-25-. The van der Waals surface area contributed by atoms with Gasteiger partial charge in [0.15, 0.2) is 6.10 Å². The second-order valence-corrected chi connectivity index (χ2v) is 19.9. The number of allylic oxidation sites excluding steroid dienone is 6. The van der Waals surface area contributed by atoms with Crippen molar-refractivity contribution in [2.24, 2.45) is 0 Å². The predicted molar refractivity (Wildman–Crippen MR) is 289 cm³/mol. The molecule has 0 fully saturated rings. The van der Waals surface area contributed by atoms with Crippen LogP contribution in [0.1, 0.15) is 316 Å². The minimum atomic E-state index is -0.775. The van der Waals surface area contributed by atoms with E-state index in [-0.39, 0.29) is 31.1 Å². The Morgan fingerprint density at radius 1 is 0.299 bits per heavy atom. The molecule has 0 aliphatic heterocycles. The van der Waals surface area contributed by atoms with Gasteiger partial charge >= 0.3 is 17.9 Å². The summed E-state index contributed by atoms with van der Waals surface area (Å²) in [5.74, 6) is -0.872. The molecule has 0 aliphatic rings. The summed E-state index contributed by atoms with van der Waals surface area (Å²) in [5.41, 5.74) is 0. The van der Waals surface area contributed by atoms with Crippen LogP contribution in [-0.4, -0.2) is 37.2 Å². The summed E-state index contributed by atoms with van der Waals surface area (Å²) in [6, 6.07) is 0. The Bertz CT molecular complexity index is 1130. The van der Waals surface area contributed by atoms with Crippen molar-refractivity contribution in [3.05, 3.63) is 36.5 Å². The monoisotopic (exact) mass is 941 g/mol. The first kappa shape index (κ1) is 64.6. The second-order valence-electron chi connectivity index (χ2n) is 19.9. The molecule has 0 bridgehead atoms. The lowest BCUT2D eigenvalue weighted by atomic mass is 10.0. The fraction of sp³-hybridized carbons (Fsp3) is 0.852. The van der Waals surface area contributed by atoms with E-state index in [1.54, 1.807) is 0 Å². The number of hydrogen-bond acceptors (Lipinski definition) is 6. The van der Waals surface area contributed by atoms with Crippen molar-refractivity contribution in [2.75, 3.05) is 13.2 Å². The Kier molecular flexibility index (Phi) is 54.2. The van der Waals surface area contributed by atoms with Crippen molar-refractivity contribution in [2.45, 2.75) is 322 Å². The number of rotatable bonds is 54. The van der Waals surface area contributed by atoms with Crippen molar-refractivity contribution in [1.29, 1.82) is 0 Å². The average Bonchev–Trinajstić information content (AvgIpc) is 3.33. The number of carbonyl (C=O) groups excluding carboxylic acids is 3. The smallest absolute Gasteiger partial charge is 0.306 e. The molecule has 0 aliphatic carbocycles. The van der Waals surface area contributed by atoms with Crippen molar-refractivity contribution < 1.29 is 28.6 Å². The zero-order chi connectivity index (χ0) is 48.6. The van der Waals surface area contributed by atoms with Crippen LogP contribution in [0.3, 0.4) is 0 Å². The molecular formula is C61H112O6. The molecule has 6 heteroatoms. The molecule has 0 heterocycles. The molecule has 392 valence electrons. The lowest BCUT2D eigenvalue weighted by Gasteiger charge is -2.18. The van der Waals surface area contributed by atoms with Gasteiger partial charge < -0.3 is 14.2 Å². The van der Waals surface area contributed by atoms with Crippen LogP contribution < -0.4 is 0 Å². The van der Waals surface area contributed by atoms with E-state index < -0.39 is 6.10 Å². The van der Waals surface area contributed by atoms with Gasteiger partial charge in [0, 0.05) is 19.3 Å². The van der Waals surface area contributed by atoms with Gasteiger partial charge in [0.2, 0.25) is 0 Å². The van der Waals surface area contributed by atoms with Crippen LogP contribution in [-0.2, 0) is 28.6 Å². The van der Waals surface area contributed by atoms with Gasteiger partial charge in [-0.25, -0.2) is 0 Å². The summed E-state index contributed by atoms with van der Waals surface area (Å²) >= 11 is 0. The molecule has 0 aromatic heterocycles. The molecule has 0 aromatic carbocycles. The summed E-state index contributed by atoms with van der Waals surface area (Å²) in [6.07, 6.45) is 67.0. The molecular weight excluding hydrogens is 829 g/mol. The van der Waals surface area contributed by atoms with E-state index >= 15 is 0 Å². The maximum absolute atomic E-state index is 12.9. The highest BCUT2D eigenvalue weighted by Gasteiger charge is 2.19. The second kappa shape index (κ2) is 56.2. The zero-order valence-corrected chi connectivity index (χ0v) is 44.9. The highest BCUT2D eigenvalue weighted by molar-refractivity contribution is 5.71. The van der Waals surface area contributed by atoms with E-state index in [1.165, 1.54) is 199 Å². The number of hydrogen-bond donors (Lipinski definition) is 0. The van der Waals surface area contributed by atoms with Crippen molar-refractivity contribution >= 4 is 17.9 Å². The van der Waals surface area contributed by atoms with Gasteiger partial charge in [-0.1, -0.05) is 263 Å². The molecule has 0 saturated heterocycles. The fourth-order valence-corrected chi connectivity index (χ4v) is 8.63. The van der Waals surface area contributed by atoms with Crippen molar-refractivity contribution in [3.8, 4) is 0 Å². The number of unbranched alkanes of at least 4 members (excludes halogenated alkanes) is 37. The van der Waals surface area contributed by atoms with Crippen LogP contribution in [0, 0.1) is 0 Å². The third-order valence-electron chi connectivity index (χ3n) is 13.1. The molecule has 0 N–H and O–H groups in total. The topological polar surface area (TPSA) is 78.9 Å². The normalized spacial score (nSPS) is 12.2. The van der Waals surface area contributed by atoms with Gasteiger partial charge in [0.05, 0.1) is 0 Å². The summed E-state index contributed by atoms with van der Waals surface area (Å²) in [4.78, 5) is 38.2. The quantitative estimate of drug-likeness (QED) is 0.0262. The van der Waals surface area contributed by atoms with Crippen LogP contribution in [0.5, 0.6) is 0 Å². The van der Waals surface area contributed by atoms with E-state index in [0.29, 0.717) is 19.3 Å². The fourth-order valence-electron chi connectivity index (χ4n) is 8.63. The van der Waals surface area contributed by atoms with E-state index in [9.17, 15) is 14.4 Å². The van der Waals surface area contributed by atoms with Gasteiger partial charge in [0.1, 0.15) is 13.2 Å². The third-order valence-corrected chi connectivity index (χ3v) is 13.1. The Labute approximate surface area is 416 Å². The van der Waals surface area contributed by atoms with E-state index in [1.807, 2.05) is 0 Å². The van der Waals surface area contributed by atoms with Gasteiger partial charge in [-0.2, -0.15) is 0 Å². The Morgan fingerprint density at radius 3 is 0.881 bits per heavy atom. The summed E-state index contributed by atoms with van der Waals surface area (Å²) in [7, 11) is 0. The predicted octanol–water partition coefficient (Wildman–Crippen LogP) is 19.7. The van der Waals surface area contributed by atoms with Crippen LogP contribution >= 0.6 is 0 Å². The summed E-state index contributed by atoms with van der Waals surface area (Å²) in [6.45, 7) is 6.63. The molecule has 1 unspecified atom stereocenters. The average molecular weight is 942 g/mol. The van der Waals surface area contributed by atoms with Crippen LogP contribution in [0.15, 0.2) is 36.5 Å². The molecule has 0 rings (SSSR count). The Hall–Kier alpha value is -2.37. The molecule has 1 atom stereocenters. The van der Waals surface area contributed by atoms with E-state index in [0.717, 1.165) is 77.0 Å². The molecule has 67 heavy (non-hydrogen) atoms. The highest BCUT2D eigenvalue weighted by atomic mass is 16.6. The molecule has 6 nitrogen and oxygen atoms in total. The number of esters is 3. The largest absolute Gasteiger partial charge is 0.462 e. The lowest BCUT2D eigenvalue weighted by molar-refractivity contribution is -0.167. The zero-order valence-electron chi connectivity index (χ0n) is 44.9. The minimum absolute atomic E-state index is 0.0741. The molecule has 0 spiro atoms. The first-order chi connectivity index (χ1) is 33.0. The summed E-state index contributed by atoms with van der Waals surface area (Å²) in [5, 5.41) is 0. The molecule has 0 aromatic rings. The minimum Gasteiger partial charge on any atom is -0.462 e. The van der Waals surface area contributed by atoms with Crippen LogP contribution in [0.2, 0.25) is 0 Å². The van der Waals surface area contributed by atoms with Crippen LogP contribution in [0.25, 0.3) is 0 Å². The first-order valence-electron chi connectivity index (χ1n) is 29.5. The SMILES string of the molecule is CCCC/C=C\C/C=C\CCCCCCCC(=O)OCC(COC(=O)CCCCCCCCCCC/C=C\CCCCCCCC)OC(=O)CCCCCCCCCCCCCCCCCC. The highest BCUT2D eigenvalue weighted by Crippen LogP contribution is 2.17. The number of ether oxygens (including phenoxy) is 3. The van der Waals surface area contributed by atoms with E-state index in [4.69, 9.17) is 14.2 Å². The molecule has 0 amide bonds.